The zero-order valence-electron chi connectivity index (χ0n) is 12.1. The average molecular weight is 286 g/mol. The van der Waals surface area contributed by atoms with Crippen LogP contribution in [0.2, 0.25) is 0 Å². The fraction of sp³-hybridized carbons (Fsp3) is 0.0556. The first-order chi connectivity index (χ1) is 10.8. The second-order valence-corrected chi connectivity index (χ2v) is 5.12. The minimum atomic E-state index is 0.835. The Balaban J connectivity index is 2.01. The molecule has 2 aromatic heterocycles. The van der Waals surface area contributed by atoms with Crippen molar-refractivity contribution >= 4 is 10.9 Å². The summed E-state index contributed by atoms with van der Waals surface area (Å²) in [7, 11) is 0. The fourth-order valence-corrected chi connectivity index (χ4v) is 2.71. The van der Waals surface area contributed by atoms with Crippen molar-refractivity contribution in [3.8, 4) is 17.1 Å². The van der Waals surface area contributed by atoms with E-state index in [0.29, 0.717) is 0 Å². The van der Waals surface area contributed by atoms with E-state index in [4.69, 9.17) is 0 Å². The summed E-state index contributed by atoms with van der Waals surface area (Å²) in [6, 6.07) is 20.2. The molecule has 4 nitrogen and oxygen atoms in total. The van der Waals surface area contributed by atoms with Crippen LogP contribution in [0.25, 0.3) is 28.0 Å². The van der Waals surface area contributed by atoms with Gasteiger partial charge in [0.1, 0.15) is 5.82 Å². The van der Waals surface area contributed by atoms with Crippen molar-refractivity contribution in [1.29, 1.82) is 0 Å². The van der Waals surface area contributed by atoms with Gasteiger partial charge in [0, 0.05) is 22.8 Å². The Morgan fingerprint density at radius 2 is 1.59 bits per heavy atom. The van der Waals surface area contributed by atoms with Gasteiger partial charge in [0.2, 0.25) is 0 Å². The minimum Gasteiger partial charge on any atom is -0.279 e. The van der Waals surface area contributed by atoms with Gasteiger partial charge in [-0.25, -0.2) is 0 Å². The zero-order valence-corrected chi connectivity index (χ0v) is 12.1. The highest BCUT2D eigenvalue weighted by Crippen LogP contribution is 2.28. The van der Waals surface area contributed by atoms with Gasteiger partial charge in [-0.2, -0.15) is 0 Å². The van der Waals surface area contributed by atoms with Crippen molar-refractivity contribution in [1.82, 2.24) is 19.7 Å². The molecule has 0 fully saturated rings. The summed E-state index contributed by atoms with van der Waals surface area (Å²) < 4.78 is 2.07. The van der Waals surface area contributed by atoms with E-state index in [9.17, 15) is 0 Å². The Bertz CT molecular complexity index is 936. The molecule has 4 heteroatoms. The van der Waals surface area contributed by atoms with Crippen molar-refractivity contribution < 1.29 is 0 Å². The molecule has 0 atom stereocenters. The number of para-hydroxylation sites is 2. The highest BCUT2D eigenvalue weighted by molar-refractivity contribution is 5.92. The van der Waals surface area contributed by atoms with E-state index in [2.05, 4.69) is 37.9 Å². The quantitative estimate of drug-likeness (QED) is 0.563. The lowest BCUT2D eigenvalue weighted by Crippen LogP contribution is -2.00. The lowest BCUT2D eigenvalue weighted by atomic mass is 10.1. The van der Waals surface area contributed by atoms with E-state index in [-0.39, 0.29) is 0 Å². The highest BCUT2D eigenvalue weighted by atomic mass is 15.3. The van der Waals surface area contributed by atoms with Crippen LogP contribution < -0.4 is 0 Å². The van der Waals surface area contributed by atoms with E-state index in [1.807, 2.05) is 55.6 Å². The molecule has 22 heavy (non-hydrogen) atoms. The van der Waals surface area contributed by atoms with Crippen LogP contribution in [0.5, 0.6) is 0 Å². The molecule has 0 amide bonds. The largest absolute Gasteiger partial charge is 0.279 e. The highest BCUT2D eigenvalue weighted by Gasteiger charge is 2.15. The van der Waals surface area contributed by atoms with Crippen molar-refractivity contribution in [2.75, 3.05) is 0 Å². The average Bonchev–Trinajstić information content (AvgIpc) is 2.96. The van der Waals surface area contributed by atoms with Gasteiger partial charge in [0.15, 0.2) is 5.82 Å². The summed E-state index contributed by atoms with van der Waals surface area (Å²) >= 11 is 0. The first-order valence-electron chi connectivity index (χ1n) is 7.16. The molecule has 0 saturated heterocycles. The number of aromatic nitrogens is 4. The van der Waals surface area contributed by atoms with Gasteiger partial charge in [-0.3, -0.25) is 9.55 Å². The van der Waals surface area contributed by atoms with Crippen LogP contribution >= 0.6 is 0 Å². The topological polar surface area (TPSA) is 43.6 Å². The van der Waals surface area contributed by atoms with Crippen LogP contribution in [0.4, 0.5) is 0 Å². The van der Waals surface area contributed by atoms with Crippen LogP contribution in [0, 0.1) is 6.92 Å². The molecule has 2 heterocycles. The number of aryl methyl sites for hydroxylation is 1. The number of fused-ring (bicyclic) bond motifs is 1. The van der Waals surface area contributed by atoms with E-state index < -0.39 is 0 Å². The second kappa shape index (κ2) is 5.07. The second-order valence-electron chi connectivity index (χ2n) is 5.12. The van der Waals surface area contributed by atoms with Gasteiger partial charge < -0.3 is 0 Å². The molecule has 2 aromatic carbocycles. The maximum atomic E-state index is 4.42. The minimum absolute atomic E-state index is 0.835. The van der Waals surface area contributed by atoms with Crippen molar-refractivity contribution in [3.05, 3.63) is 72.7 Å². The van der Waals surface area contributed by atoms with Gasteiger partial charge in [0.25, 0.3) is 0 Å². The maximum Gasteiger partial charge on any atom is 0.169 e. The van der Waals surface area contributed by atoms with Crippen LogP contribution in [0.3, 0.4) is 0 Å². The third-order valence-corrected chi connectivity index (χ3v) is 3.73. The number of rotatable bonds is 2. The fourth-order valence-electron chi connectivity index (χ4n) is 2.71. The van der Waals surface area contributed by atoms with Crippen LogP contribution in [0.15, 0.2) is 66.9 Å². The number of hydrogen-bond donors (Lipinski definition) is 0. The molecule has 0 aliphatic rings. The molecule has 0 aliphatic heterocycles. The third kappa shape index (κ3) is 1.97. The third-order valence-electron chi connectivity index (χ3n) is 3.73. The summed E-state index contributed by atoms with van der Waals surface area (Å²) in [5.41, 5.74) is 3.05. The first kappa shape index (κ1) is 12.7. The molecular formula is C18H14N4. The van der Waals surface area contributed by atoms with E-state index in [0.717, 1.165) is 33.8 Å². The van der Waals surface area contributed by atoms with E-state index in [1.165, 1.54) is 0 Å². The monoisotopic (exact) mass is 286 g/mol. The van der Waals surface area contributed by atoms with E-state index >= 15 is 0 Å². The van der Waals surface area contributed by atoms with Gasteiger partial charge in [-0.05, 0) is 31.2 Å². The summed E-state index contributed by atoms with van der Waals surface area (Å²) in [5.74, 6) is 1.70. The summed E-state index contributed by atoms with van der Waals surface area (Å²) in [5, 5.41) is 9.74. The molecule has 0 unspecified atom stereocenters. The Labute approximate surface area is 128 Å². The molecule has 0 radical (unpaired) electrons. The predicted molar refractivity (Wildman–Crippen MR) is 86.8 cm³/mol. The van der Waals surface area contributed by atoms with Crippen molar-refractivity contribution in [3.63, 3.8) is 0 Å². The molecular weight excluding hydrogens is 272 g/mol. The number of nitrogens with zero attached hydrogens (tertiary/aromatic N) is 4. The molecule has 0 spiro atoms. The standard InChI is InChI=1S/C18H14N4/c1-13-20-21-18(22(13)14-7-3-2-4-8-14)16-11-12-19-17-10-6-5-9-15(16)17/h2-12H,1H3. The van der Waals surface area contributed by atoms with Crippen molar-refractivity contribution in [2.24, 2.45) is 0 Å². The lowest BCUT2D eigenvalue weighted by Gasteiger charge is -2.10. The lowest BCUT2D eigenvalue weighted by molar-refractivity contribution is 0.972. The Kier molecular flexibility index (Phi) is 2.93. The molecule has 106 valence electrons. The van der Waals surface area contributed by atoms with Crippen LogP contribution in [-0.2, 0) is 0 Å². The maximum absolute atomic E-state index is 4.42. The van der Waals surface area contributed by atoms with Gasteiger partial charge in [0.05, 0.1) is 5.52 Å². The summed E-state index contributed by atoms with van der Waals surface area (Å²) in [6.45, 7) is 1.97. The number of benzene rings is 2. The predicted octanol–water partition coefficient (Wildman–Crippen LogP) is 3.79. The van der Waals surface area contributed by atoms with Crippen LogP contribution in [0.1, 0.15) is 5.82 Å². The molecule has 0 aliphatic carbocycles. The molecule has 4 aromatic rings. The normalized spacial score (nSPS) is 11.0. The Morgan fingerprint density at radius 1 is 0.818 bits per heavy atom. The Morgan fingerprint density at radius 3 is 2.45 bits per heavy atom. The van der Waals surface area contributed by atoms with Crippen molar-refractivity contribution in [2.45, 2.75) is 6.92 Å². The zero-order chi connectivity index (χ0) is 14.9. The van der Waals surface area contributed by atoms with Gasteiger partial charge in [-0.1, -0.05) is 36.4 Å². The number of hydrogen-bond acceptors (Lipinski definition) is 3. The van der Waals surface area contributed by atoms with Crippen LogP contribution in [-0.4, -0.2) is 19.7 Å². The first-order valence-corrected chi connectivity index (χ1v) is 7.16. The van der Waals surface area contributed by atoms with Gasteiger partial charge >= 0.3 is 0 Å². The molecule has 0 saturated carbocycles. The molecule has 0 bridgehead atoms. The smallest absolute Gasteiger partial charge is 0.169 e. The summed E-state index contributed by atoms with van der Waals surface area (Å²) in [4.78, 5) is 4.42. The Hall–Kier alpha value is -3.01. The molecule has 4 rings (SSSR count). The molecule has 0 N–H and O–H groups in total. The number of pyridine rings is 1. The summed E-state index contributed by atoms with van der Waals surface area (Å²) in [6.07, 6.45) is 1.82. The van der Waals surface area contributed by atoms with E-state index in [1.54, 1.807) is 0 Å². The van der Waals surface area contributed by atoms with Gasteiger partial charge in [-0.15, -0.1) is 10.2 Å². The SMILES string of the molecule is Cc1nnc(-c2ccnc3ccccc23)n1-c1ccccc1.